The van der Waals surface area contributed by atoms with Crippen LogP contribution in [0, 0.1) is 0 Å². The van der Waals surface area contributed by atoms with Crippen LogP contribution in [0.5, 0.6) is 5.75 Å². The highest BCUT2D eigenvalue weighted by Gasteiger charge is 2.27. The largest absolute Gasteiger partial charge is 0.495 e. The van der Waals surface area contributed by atoms with Gasteiger partial charge < -0.3 is 9.47 Å². The fourth-order valence-electron chi connectivity index (χ4n) is 2.37. The Bertz CT molecular complexity index is 769. The average Bonchev–Trinajstić information content (AvgIpc) is 2.97. The summed E-state index contributed by atoms with van der Waals surface area (Å²) in [6.45, 7) is 0. The molecule has 1 fully saturated rings. The molecule has 0 radical (unpaired) electrons. The van der Waals surface area contributed by atoms with Gasteiger partial charge in [0.2, 0.25) is 10.0 Å². The van der Waals surface area contributed by atoms with Crippen LogP contribution in [0.1, 0.15) is 24.8 Å². The molecule has 8 heteroatoms. The van der Waals surface area contributed by atoms with Crippen molar-refractivity contribution in [3.8, 4) is 5.75 Å². The minimum absolute atomic E-state index is 0.0333. The van der Waals surface area contributed by atoms with Gasteiger partial charge in [0.05, 0.1) is 7.11 Å². The molecule has 1 N–H and O–H groups in total. The second-order valence-corrected chi connectivity index (χ2v) is 7.09. The molecular formula is C16H19NO6S. The van der Waals surface area contributed by atoms with Crippen LogP contribution in [0.3, 0.4) is 0 Å². The second kappa shape index (κ2) is 7.59. The van der Waals surface area contributed by atoms with Gasteiger partial charge in [-0.1, -0.05) is 6.07 Å². The molecule has 0 spiro atoms. The van der Waals surface area contributed by atoms with Crippen molar-refractivity contribution in [2.75, 3.05) is 14.2 Å². The topological polar surface area (TPSA) is 98.8 Å². The Balaban J connectivity index is 2.16. The third-order valence-corrected chi connectivity index (χ3v) is 5.10. The maximum absolute atomic E-state index is 12.0. The molecule has 1 atom stereocenters. The maximum atomic E-state index is 12.0. The molecule has 130 valence electrons. The summed E-state index contributed by atoms with van der Waals surface area (Å²) in [6.07, 6.45) is 3.64. The van der Waals surface area contributed by atoms with Gasteiger partial charge in [-0.15, -0.1) is 0 Å². The number of esters is 1. The lowest BCUT2D eigenvalue weighted by Gasteiger charge is -2.10. The van der Waals surface area contributed by atoms with Crippen LogP contribution >= 0.6 is 0 Å². The number of hydrogen-bond acceptors (Lipinski definition) is 6. The van der Waals surface area contributed by atoms with Gasteiger partial charge in [-0.3, -0.25) is 4.79 Å². The number of carbonyl (C=O) groups is 2. The van der Waals surface area contributed by atoms with Gasteiger partial charge in [-0.05, 0) is 43.7 Å². The van der Waals surface area contributed by atoms with Crippen LogP contribution in [0.4, 0.5) is 0 Å². The highest BCUT2D eigenvalue weighted by atomic mass is 32.2. The average molecular weight is 353 g/mol. The fourth-order valence-corrected chi connectivity index (χ4v) is 3.30. The van der Waals surface area contributed by atoms with Crippen molar-refractivity contribution in [2.45, 2.75) is 30.3 Å². The number of nitrogens with one attached hydrogen (secondary N) is 1. The molecule has 0 unspecified atom stereocenters. The van der Waals surface area contributed by atoms with Crippen LogP contribution in [-0.2, 0) is 24.3 Å². The number of benzene rings is 1. The van der Waals surface area contributed by atoms with Crippen LogP contribution in [-0.4, -0.2) is 40.4 Å². The Morgan fingerprint density at radius 2 is 2.12 bits per heavy atom. The van der Waals surface area contributed by atoms with E-state index in [0.717, 1.165) is 6.42 Å². The minimum atomic E-state index is -3.70. The number of carbonyl (C=O) groups excluding carboxylic acids is 2. The van der Waals surface area contributed by atoms with Crippen molar-refractivity contribution in [1.29, 1.82) is 0 Å². The van der Waals surface area contributed by atoms with Crippen molar-refractivity contribution in [3.63, 3.8) is 0 Å². The lowest BCUT2D eigenvalue weighted by Crippen LogP contribution is -2.20. The Kier molecular flexibility index (Phi) is 5.74. The molecule has 0 bridgehead atoms. The fraction of sp³-hybridized carbons (Fsp3) is 0.375. The van der Waals surface area contributed by atoms with E-state index in [0.29, 0.717) is 18.4 Å². The number of sulfonamides is 1. The normalized spacial score (nSPS) is 18.1. The van der Waals surface area contributed by atoms with E-state index in [4.69, 9.17) is 9.47 Å². The van der Waals surface area contributed by atoms with Gasteiger partial charge >= 0.3 is 5.97 Å². The summed E-state index contributed by atoms with van der Waals surface area (Å²) in [5.74, 6) is -0.506. The number of Topliss-reactive ketones (excluding diaryl/α,β-unsaturated/α-hetero) is 1. The first-order chi connectivity index (χ1) is 11.4. The zero-order chi connectivity index (χ0) is 17.7. The SMILES string of the molecule is CNS(=O)(=O)c1cc(/C=C/C(=O)O[C@@H]2CCCC2=O)ccc1OC. The Morgan fingerprint density at radius 1 is 1.38 bits per heavy atom. The van der Waals surface area contributed by atoms with E-state index in [-0.39, 0.29) is 16.4 Å². The molecule has 0 aliphatic heterocycles. The van der Waals surface area contributed by atoms with Gasteiger partial charge in [0.25, 0.3) is 0 Å². The van der Waals surface area contributed by atoms with Gasteiger partial charge in [-0.2, -0.15) is 0 Å². The molecule has 1 aromatic carbocycles. The summed E-state index contributed by atoms with van der Waals surface area (Å²) in [5, 5.41) is 0. The zero-order valence-electron chi connectivity index (χ0n) is 13.4. The predicted octanol–water partition coefficient (Wildman–Crippen LogP) is 1.28. The maximum Gasteiger partial charge on any atom is 0.331 e. The smallest absolute Gasteiger partial charge is 0.331 e. The van der Waals surface area contributed by atoms with Crippen LogP contribution in [0.15, 0.2) is 29.2 Å². The summed E-state index contributed by atoms with van der Waals surface area (Å²) >= 11 is 0. The van der Waals surface area contributed by atoms with Crippen molar-refractivity contribution in [1.82, 2.24) is 4.72 Å². The molecule has 0 saturated heterocycles. The third-order valence-electron chi connectivity index (χ3n) is 3.66. The first-order valence-corrected chi connectivity index (χ1v) is 8.88. The molecule has 0 aromatic heterocycles. The van der Waals surface area contributed by atoms with E-state index in [1.54, 1.807) is 6.07 Å². The summed E-state index contributed by atoms with van der Waals surface area (Å²) in [7, 11) is -1.03. The first kappa shape index (κ1) is 18.2. The molecule has 24 heavy (non-hydrogen) atoms. The summed E-state index contributed by atoms with van der Waals surface area (Å²) in [5.41, 5.74) is 0.485. The molecule has 1 aromatic rings. The van der Waals surface area contributed by atoms with Crippen LogP contribution < -0.4 is 9.46 Å². The second-order valence-electron chi connectivity index (χ2n) is 5.24. The van der Waals surface area contributed by atoms with E-state index in [1.165, 1.54) is 38.4 Å². The van der Waals surface area contributed by atoms with Crippen molar-refractivity contribution < 1.29 is 27.5 Å². The van der Waals surface area contributed by atoms with E-state index >= 15 is 0 Å². The molecule has 0 amide bonds. The van der Waals surface area contributed by atoms with Crippen LogP contribution in [0.2, 0.25) is 0 Å². The highest BCUT2D eigenvalue weighted by Crippen LogP contribution is 2.25. The number of hydrogen-bond donors (Lipinski definition) is 1. The summed E-state index contributed by atoms with van der Waals surface area (Å²) in [6, 6.07) is 4.49. The Morgan fingerprint density at radius 3 is 2.71 bits per heavy atom. The number of rotatable bonds is 6. The van der Waals surface area contributed by atoms with Crippen molar-refractivity contribution in [2.24, 2.45) is 0 Å². The highest BCUT2D eigenvalue weighted by molar-refractivity contribution is 7.89. The Labute approximate surface area is 140 Å². The minimum Gasteiger partial charge on any atom is -0.495 e. The van der Waals surface area contributed by atoms with E-state index in [1.807, 2.05) is 0 Å². The molecule has 1 saturated carbocycles. The summed E-state index contributed by atoms with van der Waals surface area (Å²) < 4.78 is 36.3. The third kappa shape index (κ3) is 4.21. The van der Waals surface area contributed by atoms with Crippen molar-refractivity contribution >= 4 is 27.9 Å². The molecule has 1 aliphatic rings. The molecular weight excluding hydrogens is 334 g/mol. The predicted molar refractivity (Wildman–Crippen MR) is 87.0 cm³/mol. The lowest BCUT2D eigenvalue weighted by molar-refractivity contribution is -0.148. The zero-order valence-corrected chi connectivity index (χ0v) is 14.3. The molecule has 1 aliphatic carbocycles. The molecule has 0 heterocycles. The standard InChI is InChI=1S/C16H19NO6S/c1-17-24(20,21)15-10-11(6-8-14(15)22-2)7-9-16(19)23-13-5-3-4-12(13)18/h6-10,13,17H,3-5H2,1-2H3/b9-7+/t13-/m1/s1. The summed E-state index contributed by atoms with van der Waals surface area (Å²) in [4.78, 5) is 23.2. The van der Waals surface area contributed by atoms with Gasteiger partial charge in [0.1, 0.15) is 10.6 Å². The number of methoxy groups -OCH3 is 1. The van der Waals surface area contributed by atoms with Crippen LogP contribution in [0.25, 0.3) is 6.08 Å². The lowest BCUT2D eigenvalue weighted by atomic mass is 10.2. The van der Waals surface area contributed by atoms with Gasteiger partial charge in [0, 0.05) is 12.5 Å². The quantitative estimate of drug-likeness (QED) is 0.611. The molecule has 2 rings (SSSR count). The Hall–Kier alpha value is -2.19. The van der Waals surface area contributed by atoms with Gasteiger partial charge in [0.15, 0.2) is 11.9 Å². The van der Waals surface area contributed by atoms with E-state index in [9.17, 15) is 18.0 Å². The van der Waals surface area contributed by atoms with E-state index < -0.39 is 22.1 Å². The van der Waals surface area contributed by atoms with Gasteiger partial charge in [-0.25, -0.2) is 17.9 Å². The molecule has 7 nitrogen and oxygen atoms in total. The van der Waals surface area contributed by atoms with Crippen molar-refractivity contribution in [3.05, 3.63) is 29.8 Å². The van der Waals surface area contributed by atoms with E-state index in [2.05, 4.69) is 4.72 Å². The number of ketones is 1. The first-order valence-electron chi connectivity index (χ1n) is 7.40. The number of ether oxygens (including phenoxy) is 2. The monoisotopic (exact) mass is 353 g/mol.